The first-order chi connectivity index (χ1) is 14.9. The van der Waals surface area contributed by atoms with Gasteiger partial charge in [-0.1, -0.05) is 6.07 Å². The molecule has 0 bridgehead atoms. The number of methoxy groups -OCH3 is 1. The second-order valence-electron chi connectivity index (χ2n) is 7.56. The summed E-state index contributed by atoms with van der Waals surface area (Å²) in [5, 5.41) is 18.8. The number of carbonyl (C=O) groups is 2. The zero-order valence-corrected chi connectivity index (χ0v) is 18.2. The fraction of sp³-hybridized carbons (Fsp3) is 0.500. The van der Waals surface area contributed by atoms with Gasteiger partial charge in [0.1, 0.15) is 11.8 Å². The summed E-state index contributed by atoms with van der Waals surface area (Å²) >= 11 is 0. The first-order valence-electron chi connectivity index (χ1n) is 10.6. The maximum absolute atomic E-state index is 11.8. The van der Waals surface area contributed by atoms with E-state index in [9.17, 15) is 9.59 Å². The largest absolute Gasteiger partial charge is 0.497 e. The van der Waals surface area contributed by atoms with Gasteiger partial charge in [0.05, 0.1) is 18.3 Å². The highest BCUT2D eigenvalue weighted by molar-refractivity contribution is 5.91. The van der Waals surface area contributed by atoms with Crippen LogP contribution in [0.5, 0.6) is 5.75 Å². The second-order valence-corrected chi connectivity index (χ2v) is 7.56. The number of ether oxygens (including phenoxy) is 1. The van der Waals surface area contributed by atoms with Crippen LogP contribution in [0.15, 0.2) is 30.5 Å². The van der Waals surface area contributed by atoms with E-state index in [-0.39, 0.29) is 12.1 Å². The predicted octanol–water partition coefficient (Wildman–Crippen LogP) is 2.71. The van der Waals surface area contributed by atoms with E-state index in [4.69, 9.17) is 15.6 Å². The van der Waals surface area contributed by atoms with Gasteiger partial charge < -0.3 is 31.5 Å². The number of carboxylic acids is 1. The molecule has 0 aliphatic rings. The van der Waals surface area contributed by atoms with Gasteiger partial charge in [-0.2, -0.15) is 0 Å². The monoisotopic (exact) mass is 431 g/mol. The van der Waals surface area contributed by atoms with Crippen molar-refractivity contribution >= 4 is 28.6 Å². The lowest BCUT2D eigenvalue weighted by atomic mass is 10.1. The number of rotatable bonds is 13. The Balaban J connectivity index is 1.65. The highest BCUT2D eigenvalue weighted by Crippen LogP contribution is 2.28. The lowest BCUT2D eigenvalue weighted by Crippen LogP contribution is -2.37. The van der Waals surface area contributed by atoms with Gasteiger partial charge >= 0.3 is 12.0 Å². The number of hydrogen-bond acceptors (Lipinski definition) is 6. The molecule has 170 valence electrons. The number of aromatic nitrogens is 1. The number of pyridine rings is 1. The van der Waals surface area contributed by atoms with Crippen molar-refractivity contribution in [3.8, 4) is 5.75 Å². The number of amides is 2. The molecule has 1 aromatic carbocycles. The molecule has 0 spiro atoms. The zero-order valence-electron chi connectivity index (χ0n) is 18.2. The Kier molecular flexibility index (Phi) is 9.83. The Morgan fingerprint density at radius 2 is 1.90 bits per heavy atom. The molecule has 6 N–H and O–H groups in total. The highest BCUT2D eigenvalue weighted by Gasteiger charge is 2.11. The fourth-order valence-corrected chi connectivity index (χ4v) is 3.22. The van der Waals surface area contributed by atoms with E-state index in [0.717, 1.165) is 35.2 Å². The van der Waals surface area contributed by atoms with Gasteiger partial charge in [0.2, 0.25) is 0 Å². The SMILES string of the molecule is COc1cc(NC(C)CCCNC(=O)NCCCC[C@@H](N)C(=O)O)c2ncccc2c1. The lowest BCUT2D eigenvalue weighted by molar-refractivity contribution is -0.138. The normalized spacial score (nSPS) is 12.7. The number of benzene rings is 1. The summed E-state index contributed by atoms with van der Waals surface area (Å²) in [7, 11) is 1.65. The number of nitrogens with one attached hydrogen (secondary N) is 3. The Morgan fingerprint density at radius 3 is 2.61 bits per heavy atom. The van der Waals surface area contributed by atoms with Crippen LogP contribution in [0.2, 0.25) is 0 Å². The molecule has 0 aliphatic heterocycles. The minimum atomic E-state index is -0.995. The molecule has 31 heavy (non-hydrogen) atoms. The number of urea groups is 1. The van der Waals surface area contributed by atoms with Gasteiger partial charge in [-0.25, -0.2) is 4.79 Å². The van der Waals surface area contributed by atoms with Crippen molar-refractivity contribution in [1.82, 2.24) is 15.6 Å². The summed E-state index contributed by atoms with van der Waals surface area (Å²) in [4.78, 5) is 26.9. The summed E-state index contributed by atoms with van der Waals surface area (Å²) in [5.74, 6) is -0.219. The van der Waals surface area contributed by atoms with E-state index in [2.05, 4.69) is 27.9 Å². The smallest absolute Gasteiger partial charge is 0.320 e. The Morgan fingerprint density at radius 1 is 1.16 bits per heavy atom. The van der Waals surface area contributed by atoms with Crippen LogP contribution in [0.3, 0.4) is 0 Å². The van der Waals surface area contributed by atoms with Crippen LogP contribution in [-0.4, -0.2) is 54.4 Å². The Hall–Kier alpha value is -3.07. The topological polar surface area (TPSA) is 139 Å². The molecule has 9 nitrogen and oxygen atoms in total. The molecule has 2 atom stereocenters. The van der Waals surface area contributed by atoms with Gasteiger partial charge in [-0.15, -0.1) is 0 Å². The van der Waals surface area contributed by atoms with Crippen LogP contribution in [0.1, 0.15) is 39.0 Å². The average Bonchev–Trinajstić information content (AvgIpc) is 2.76. The number of hydrogen-bond donors (Lipinski definition) is 5. The molecule has 1 unspecified atom stereocenters. The maximum atomic E-state index is 11.8. The maximum Gasteiger partial charge on any atom is 0.320 e. The van der Waals surface area contributed by atoms with Crippen LogP contribution in [-0.2, 0) is 4.79 Å². The van der Waals surface area contributed by atoms with Crippen molar-refractivity contribution in [3.63, 3.8) is 0 Å². The van der Waals surface area contributed by atoms with Crippen LogP contribution >= 0.6 is 0 Å². The lowest BCUT2D eigenvalue weighted by Gasteiger charge is -2.17. The molecular formula is C22H33N5O4. The molecule has 1 heterocycles. The van der Waals surface area contributed by atoms with E-state index < -0.39 is 12.0 Å². The third-order valence-electron chi connectivity index (χ3n) is 4.96. The first-order valence-corrected chi connectivity index (χ1v) is 10.6. The fourth-order valence-electron chi connectivity index (χ4n) is 3.22. The summed E-state index contributed by atoms with van der Waals surface area (Å²) in [6.07, 6.45) is 5.22. The van der Waals surface area contributed by atoms with Crippen molar-refractivity contribution in [1.29, 1.82) is 0 Å². The molecule has 2 aromatic rings. The van der Waals surface area contributed by atoms with Gasteiger partial charge in [0, 0.05) is 36.8 Å². The molecule has 2 amide bonds. The number of nitrogens with zero attached hydrogens (tertiary/aromatic N) is 1. The van der Waals surface area contributed by atoms with Crippen LogP contribution in [0.4, 0.5) is 10.5 Å². The molecule has 0 radical (unpaired) electrons. The average molecular weight is 432 g/mol. The molecule has 1 aromatic heterocycles. The molecule has 0 aliphatic carbocycles. The minimum Gasteiger partial charge on any atom is -0.497 e. The number of carbonyl (C=O) groups excluding carboxylic acids is 1. The van der Waals surface area contributed by atoms with Crippen molar-refractivity contribution in [2.45, 2.75) is 51.1 Å². The molecule has 9 heteroatoms. The summed E-state index contributed by atoms with van der Waals surface area (Å²) in [6, 6.07) is 6.95. The number of carboxylic acid groups (broad SMARTS) is 1. The highest BCUT2D eigenvalue weighted by atomic mass is 16.5. The summed E-state index contributed by atoms with van der Waals surface area (Å²) in [5.41, 5.74) is 7.27. The quantitative estimate of drug-likeness (QED) is 0.307. The van der Waals surface area contributed by atoms with Crippen LogP contribution < -0.4 is 26.4 Å². The molecule has 2 rings (SSSR count). The summed E-state index contributed by atoms with van der Waals surface area (Å²) in [6.45, 7) is 3.15. The second kappa shape index (κ2) is 12.6. The predicted molar refractivity (Wildman–Crippen MR) is 121 cm³/mol. The van der Waals surface area contributed by atoms with Crippen molar-refractivity contribution in [2.24, 2.45) is 5.73 Å². The van der Waals surface area contributed by atoms with Gasteiger partial charge in [-0.05, 0) is 51.2 Å². The van der Waals surface area contributed by atoms with Gasteiger partial charge in [-0.3, -0.25) is 9.78 Å². The van der Waals surface area contributed by atoms with Gasteiger partial charge in [0.25, 0.3) is 0 Å². The van der Waals surface area contributed by atoms with E-state index in [1.54, 1.807) is 13.3 Å². The van der Waals surface area contributed by atoms with E-state index in [1.165, 1.54) is 0 Å². The minimum absolute atomic E-state index is 0.195. The van der Waals surface area contributed by atoms with Crippen molar-refractivity contribution in [2.75, 3.05) is 25.5 Å². The molecule has 0 saturated heterocycles. The Bertz CT molecular complexity index is 861. The van der Waals surface area contributed by atoms with Crippen molar-refractivity contribution in [3.05, 3.63) is 30.5 Å². The zero-order chi connectivity index (χ0) is 22.6. The third-order valence-corrected chi connectivity index (χ3v) is 4.96. The Labute approximate surface area is 182 Å². The van der Waals surface area contributed by atoms with Crippen LogP contribution in [0.25, 0.3) is 10.9 Å². The number of anilines is 1. The van der Waals surface area contributed by atoms with E-state index >= 15 is 0 Å². The number of fused-ring (bicyclic) bond motifs is 1. The van der Waals surface area contributed by atoms with Crippen LogP contribution in [0, 0.1) is 0 Å². The number of unbranched alkanes of at least 4 members (excludes halogenated alkanes) is 1. The molecule has 0 saturated carbocycles. The third kappa shape index (κ3) is 8.29. The van der Waals surface area contributed by atoms with E-state index in [1.807, 2.05) is 24.3 Å². The standard InChI is InChI=1S/C22H33N5O4/c1-15(27-19-14-17(31-2)13-16-8-6-11-24-20(16)19)7-5-12-26-22(30)25-10-4-3-9-18(23)21(28)29/h6,8,11,13-15,18,27H,3-5,7,9-10,12,23H2,1-2H3,(H,28,29)(H2,25,26,30)/t15?,18-/m1/s1. The molecule has 0 fully saturated rings. The molecular weight excluding hydrogens is 398 g/mol. The van der Waals surface area contributed by atoms with E-state index in [0.29, 0.717) is 32.4 Å². The number of nitrogens with two attached hydrogens (primary N) is 1. The van der Waals surface area contributed by atoms with Crippen molar-refractivity contribution < 1.29 is 19.4 Å². The first kappa shape index (κ1) is 24.2. The number of aliphatic carboxylic acids is 1. The van der Waals surface area contributed by atoms with Gasteiger partial charge in [0.15, 0.2) is 0 Å². The summed E-state index contributed by atoms with van der Waals surface area (Å²) < 4.78 is 5.38.